The van der Waals surface area contributed by atoms with Gasteiger partial charge in [0.05, 0.1) is 23.9 Å². The lowest BCUT2D eigenvalue weighted by molar-refractivity contribution is 0.0634. The number of benzene rings is 1. The van der Waals surface area contributed by atoms with Crippen LogP contribution < -0.4 is 11.3 Å². The van der Waals surface area contributed by atoms with Crippen LogP contribution in [0.3, 0.4) is 0 Å². The fourth-order valence-electron chi connectivity index (χ4n) is 1.71. The number of amides is 1. The Morgan fingerprint density at radius 3 is 2.78 bits per heavy atom. The molecule has 1 unspecified atom stereocenters. The molecule has 0 aliphatic carbocycles. The minimum Gasteiger partial charge on any atom is -0.383 e. The lowest BCUT2D eigenvalue weighted by Crippen LogP contribution is -2.38. The third-order valence-corrected chi connectivity index (χ3v) is 2.95. The number of ether oxygens (including phenoxy) is 1. The SMILES string of the molecule is COCC(C)N(C)C(=O)c1ccc(C)cc1NN. The van der Waals surface area contributed by atoms with Crippen molar-refractivity contribution in [3.63, 3.8) is 0 Å². The largest absolute Gasteiger partial charge is 0.383 e. The number of hydrogen-bond acceptors (Lipinski definition) is 4. The molecule has 1 aromatic carbocycles. The van der Waals surface area contributed by atoms with Gasteiger partial charge in [-0.15, -0.1) is 0 Å². The number of carbonyl (C=O) groups is 1. The summed E-state index contributed by atoms with van der Waals surface area (Å²) < 4.78 is 5.05. The van der Waals surface area contributed by atoms with E-state index in [2.05, 4.69) is 5.43 Å². The molecule has 0 aromatic heterocycles. The highest BCUT2D eigenvalue weighted by Crippen LogP contribution is 2.19. The van der Waals surface area contributed by atoms with Crippen LogP contribution in [0.2, 0.25) is 0 Å². The molecule has 0 saturated carbocycles. The Morgan fingerprint density at radius 2 is 2.22 bits per heavy atom. The van der Waals surface area contributed by atoms with Gasteiger partial charge < -0.3 is 15.1 Å². The van der Waals surface area contributed by atoms with E-state index in [9.17, 15) is 4.79 Å². The number of anilines is 1. The van der Waals surface area contributed by atoms with Crippen molar-refractivity contribution in [2.45, 2.75) is 19.9 Å². The molecule has 18 heavy (non-hydrogen) atoms. The number of hydrogen-bond donors (Lipinski definition) is 2. The maximum absolute atomic E-state index is 12.3. The fraction of sp³-hybridized carbons (Fsp3) is 0.462. The summed E-state index contributed by atoms with van der Waals surface area (Å²) in [4.78, 5) is 14.0. The van der Waals surface area contributed by atoms with Crippen LogP contribution in [0, 0.1) is 6.92 Å². The van der Waals surface area contributed by atoms with Crippen LogP contribution in [0.1, 0.15) is 22.8 Å². The zero-order valence-electron chi connectivity index (χ0n) is 11.4. The van der Waals surface area contributed by atoms with E-state index in [4.69, 9.17) is 10.6 Å². The second kappa shape index (κ2) is 6.37. The van der Waals surface area contributed by atoms with Gasteiger partial charge in [-0.25, -0.2) is 0 Å². The average Bonchev–Trinajstić information content (AvgIpc) is 2.37. The van der Waals surface area contributed by atoms with E-state index in [1.165, 1.54) is 0 Å². The van der Waals surface area contributed by atoms with Crippen LogP contribution in [0.15, 0.2) is 18.2 Å². The number of likely N-dealkylation sites (N-methyl/N-ethyl adjacent to an activating group) is 1. The molecule has 0 spiro atoms. The summed E-state index contributed by atoms with van der Waals surface area (Å²) in [5.41, 5.74) is 4.81. The summed E-state index contributed by atoms with van der Waals surface area (Å²) in [6.45, 7) is 4.39. The normalized spacial score (nSPS) is 12.1. The van der Waals surface area contributed by atoms with Crippen LogP contribution in [-0.2, 0) is 4.74 Å². The Balaban J connectivity index is 2.96. The summed E-state index contributed by atoms with van der Waals surface area (Å²) in [5, 5.41) is 0. The topological polar surface area (TPSA) is 67.6 Å². The monoisotopic (exact) mass is 251 g/mol. The second-order valence-electron chi connectivity index (χ2n) is 4.41. The second-order valence-corrected chi connectivity index (χ2v) is 4.41. The quantitative estimate of drug-likeness (QED) is 0.613. The van der Waals surface area contributed by atoms with Crippen molar-refractivity contribution in [2.24, 2.45) is 5.84 Å². The highest BCUT2D eigenvalue weighted by atomic mass is 16.5. The van der Waals surface area contributed by atoms with Gasteiger partial charge in [0.15, 0.2) is 0 Å². The van der Waals surface area contributed by atoms with Gasteiger partial charge in [0.1, 0.15) is 0 Å². The molecule has 0 heterocycles. The van der Waals surface area contributed by atoms with Crippen molar-refractivity contribution >= 4 is 11.6 Å². The van der Waals surface area contributed by atoms with Gasteiger partial charge in [-0.05, 0) is 31.5 Å². The number of nitrogens with two attached hydrogens (primary N) is 1. The van der Waals surface area contributed by atoms with Crippen LogP contribution in [0.25, 0.3) is 0 Å². The maximum Gasteiger partial charge on any atom is 0.256 e. The van der Waals surface area contributed by atoms with E-state index in [-0.39, 0.29) is 11.9 Å². The molecule has 1 aromatic rings. The number of rotatable bonds is 5. The molecular formula is C13H21N3O2. The fourth-order valence-corrected chi connectivity index (χ4v) is 1.71. The summed E-state index contributed by atoms with van der Waals surface area (Å²) >= 11 is 0. The highest BCUT2D eigenvalue weighted by molar-refractivity contribution is 5.99. The van der Waals surface area contributed by atoms with Gasteiger partial charge in [-0.1, -0.05) is 6.07 Å². The zero-order chi connectivity index (χ0) is 13.7. The van der Waals surface area contributed by atoms with Gasteiger partial charge in [-0.2, -0.15) is 0 Å². The van der Waals surface area contributed by atoms with E-state index in [0.717, 1.165) is 5.56 Å². The molecule has 0 aliphatic heterocycles. The van der Waals surface area contributed by atoms with Crippen LogP contribution in [0.4, 0.5) is 5.69 Å². The number of nitrogens with one attached hydrogen (secondary N) is 1. The highest BCUT2D eigenvalue weighted by Gasteiger charge is 2.19. The first-order valence-electron chi connectivity index (χ1n) is 5.84. The number of carbonyl (C=O) groups excluding carboxylic acids is 1. The molecular weight excluding hydrogens is 230 g/mol. The van der Waals surface area contributed by atoms with Crippen LogP contribution in [-0.4, -0.2) is 37.6 Å². The smallest absolute Gasteiger partial charge is 0.256 e. The van der Waals surface area contributed by atoms with Crippen LogP contribution >= 0.6 is 0 Å². The molecule has 0 saturated heterocycles. The summed E-state index contributed by atoms with van der Waals surface area (Å²) in [6, 6.07) is 5.53. The van der Waals surface area contributed by atoms with Crippen molar-refractivity contribution in [3.8, 4) is 0 Å². The Kier molecular flexibility index (Phi) is 5.12. The van der Waals surface area contributed by atoms with Gasteiger partial charge in [0.25, 0.3) is 5.91 Å². The number of methoxy groups -OCH3 is 1. The summed E-state index contributed by atoms with van der Waals surface area (Å²) in [5.74, 6) is 5.37. The van der Waals surface area contributed by atoms with E-state index < -0.39 is 0 Å². The number of nitrogen functional groups attached to an aromatic ring is 1. The Hall–Kier alpha value is -1.59. The van der Waals surface area contributed by atoms with E-state index in [1.54, 1.807) is 25.1 Å². The molecule has 0 radical (unpaired) electrons. The first-order valence-corrected chi connectivity index (χ1v) is 5.84. The summed E-state index contributed by atoms with van der Waals surface area (Å²) in [6.07, 6.45) is 0. The third-order valence-electron chi connectivity index (χ3n) is 2.95. The molecule has 5 heteroatoms. The Labute approximate surface area is 108 Å². The van der Waals surface area contributed by atoms with Gasteiger partial charge >= 0.3 is 0 Å². The lowest BCUT2D eigenvalue weighted by Gasteiger charge is -2.25. The molecule has 3 N–H and O–H groups in total. The predicted octanol–water partition coefficient (Wildman–Crippen LogP) is 1.39. The zero-order valence-corrected chi connectivity index (χ0v) is 11.4. The lowest BCUT2D eigenvalue weighted by atomic mass is 10.1. The first-order chi connectivity index (χ1) is 8.51. The number of aryl methyl sites for hydroxylation is 1. The van der Waals surface area contributed by atoms with Crippen molar-refractivity contribution in [2.75, 3.05) is 26.2 Å². The Bertz CT molecular complexity index is 421. The molecule has 0 aliphatic rings. The van der Waals surface area contributed by atoms with Crippen molar-refractivity contribution < 1.29 is 9.53 Å². The first kappa shape index (κ1) is 14.5. The minimum absolute atomic E-state index is 0.00873. The molecule has 0 fully saturated rings. The molecule has 1 amide bonds. The standard InChI is InChI=1S/C13H21N3O2/c1-9-5-6-11(12(7-9)15-14)13(17)16(3)10(2)8-18-4/h5-7,10,15H,8,14H2,1-4H3. The molecule has 1 atom stereocenters. The molecule has 100 valence electrons. The Morgan fingerprint density at radius 1 is 1.56 bits per heavy atom. The van der Waals surface area contributed by atoms with Crippen molar-refractivity contribution in [1.82, 2.24) is 4.90 Å². The summed E-state index contributed by atoms with van der Waals surface area (Å²) in [7, 11) is 3.37. The van der Waals surface area contributed by atoms with E-state index in [1.807, 2.05) is 26.0 Å². The van der Waals surface area contributed by atoms with E-state index in [0.29, 0.717) is 17.9 Å². The molecule has 5 nitrogen and oxygen atoms in total. The third kappa shape index (κ3) is 3.21. The molecule has 1 rings (SSSR count). The van der Waals surface area contributed by atoms with Gasteiger partial charge in [0, 0.05) is 14.2 Å². The maximum atomic E-state index is 12.3. The van der Waals surface area contributed by atoms with Gasteiger partial charge in [-0.3, -0.25) is 10.6 Å². The van der Waals surface area contributed by atoms with Gasteiger partial charge in [0.2, 0.25) is 0 Å². The number of hydrazine groups is 1. The molecule has 0 bridgehead atoms. The van der Waals surface area contributed by atoms with Crippen molar-refractivity contribution in [3.05, 3.63) is 29.3 Å². The predicted molar refractivity (Wildman–Crippen MR) is 72.4 cm³/mol. The number of nitrogens with zero attached hydrogens (tertiary/aromatic N) is 1. The minimum atomic E-state index is -0.0764. The van der Waals surface area contributed by atoms with E-state index >= 15 is 0 Å². The average molecular weight is 251 g/mol. The van der Waals surface area contributed by atoms with Crippen LogP contribution in [0.5, 0.6) is 0 Å². The van der Waals surface area contributed by atoms with Crippen molar-refractivity contribution in [1.29, 1.82) is 0 Å².